The Morgan fingerprint density at radius 1 is 1.32 bits per heavy atom. The standard InChI is InChI=1S/C12H12N2O4Se/c1-12(2,16)11-8(13-14-19-11)6-3-4-7-10(9(6)15)18-5-17-7/h3-4,15-16H,5H2,1-2H3. The molecule has 0 saturated heterocycles. The van der Waals surface area contributed by atoms with E-state index in [1.165, 1.54) is 0 Å². The summed E-state index contributed by atoms with van der Waals surface area (Å²) in [5, 5.41) is 24.4. The summed E-state index contributed by atoms with van der Waals surface area (Å²) in [5.74, 6) is 0.796. The van der Waals surface area contributed by atoms with E-state index >= 15 is 0 Å². The number of phenolic OH excluding ortho intramolecular Hbond substituents is 1. The normalized spacial score (nSPS) is 13.8. The summed E-state index contributed by atoms with van der Waals surface area (Å²) in [7, 11) is 0. The number of phenols is 1. The fraction of sp³-hybridized carbons (Fsp3) is 0.333. The van der Waals surface area contributed by atoms with Crippen molar-refractivity contribution in [1.82, 2.24) is 9.19 Å². The monoisotopic (exact) mass is 328 g/mol. The maximum atomic E-state index is 10.2. The zero-order valence-corrected chi connectivity index (χ0v) is 12.1. The van der Waals surface area contributed by atoms with E-state index in [9.17, 15) is 10.2 Å². The summed E-state index contributed by atoms with van der Waals surface area (Å²) in [5.41, 5.74) is 0.00885. The first-order valence-corrected chi connectivity index (χ1v) is 7.28. The molecule has 2 heterocycles. The summed E-state index contributed by atoms with van der Waals surface area (Å²) < 4.78 is 15.1. The number of hydrogen-bond donors (Lipinski definition) is 2. The summed E-state index contributed by atoms with van der Waals surface area (Å²) >= 11 is -0.254. The van der Waals surface area contributed by atoms with Gasteiger partial charge in [-0.3, -0.25) is 0 Å². The van der Waals surface area contributed by atoms with Crippen LogP contribution in [0.15, 0.2) is 12.1 Å². The Labute approximate surface area is 115 Å². The molecule has 0 atom stereocenters. The van der Waals surface area contributed by atoms with E-state index in [4.69, 9.17) is 9.47 Å². The van der Waals surface area contributed by atoms with Gasteiger partial charge in [0.25, 0.3) is 0 Å². The van der Waals surface area contributed by atoms with E-state index in [0.29, 0.717) is 22.8 Å². The molecule has 19 heavy (non-hydrogen) atoms. The van der Waals surface area contributed by atoms with E-state index in [-0.39, 0.29) is 27.3 Å². The van der Waals surface area contributed by atoms with E-state index in [1.807, 2.05) is 0 Å². The van der Waals surface area contributed by atoms with Crippen LogP contribution in [-0.2, 0) is 5.60 Å². The van der Waals surface area contributed by atoms with E-state index in [1.54, 1.807) is 26.0 Å². The number of aromatic nitrogens is 2. The molecule has 1 aliphatic rings. The first-order chi connectivity index (χ1) is 8.98. The number of hydrogen-bond acceptors (Lipinski definition) is 6. The minimum atomic E-state index is -1.01. The summed E-state index contributed by atoms with van der Waals surface area (Å²) in [4.78, 5) is 0. The van der Waals surface area contributed by atoms with Crippen molar-refractivity contribution in [3.8, 4) is 28.5 Å². The average Bonchev–Trinajstić information content (AvgIpc) is 2.96. The van der Waals surface area contributed by atoms with Crippen LogP contribution in [0.2, 0.25) is 0 Å². The van der Waals surface area contributed by atoms with Crippen LogP contribution in [0.5, 0.6) is 17.2 Å². The SMILES string of the molecule is CC(C)(O)c1[se]nnc1-c1ccc2c(c1O)OCO2. The van der Waals surface area contributed by atoms with Gasteiger partial charge >= 0.3 is 115 Å². The number of benzene rings is 1. The first-order valence-electron chi connectivity index (χ1n) is 5.65. The Kier molecular flexibility index (Phi) is 2.78. The van der Waals surface area contributed by atoms with Gasteiger partial charge in [0, 0.05) is 0 Å². The van der Waals surface area contributed by atoms with Crippen molar-refractivity contribution >= 4 is 14.7 Å². The Hall–Kier alpha value is -1.56. The van der Waals surface area contributed by atoms with Gasteiger partial charge in [0.15, 0.2) is 0 Å². The molecule has 3 rings (SSSR count). The fourth-order valence-electron chi connectivity index (χ4n) is 1.92. The van der Waals surface area contributed by atoms with Gasteiger partial charge in [0.05, 0.1) is 0 Å². The van der Waals surface area contributed by atoms with Gasteiger partial charge in [-0.15, -0.1) is 0 Å². The number of rotatable bonds is 2. The second kappa shape index (κ2) is 4.23. The number of fused-ring (bicyclic) bond motifs is 1. The van der Waals surface area contributed by atoms with Crippen molar-refractivity contribution in [1.29, 1.82) is 0 Å². The number of aromatic hydroxyl groups is 1. The van der Waals surface area contributed by atoms with Gasteiger partial charge in [-0.05, 0) is 0 Å². The molecule has 2 aromatic rings. The number of aliphatic hydroxyl groups is 1. The van der Waals surface area contributed by atoms with Crippen LogP contribution in [0, 0.1) is 0 Å². The predicted octanol–water partition coefficient (Wildman–Crippen LogP) is 0.862. The molecule has 1 aromatic carbocycles. The van der Waals surface area contributed by atoms with Crippen LogP contribution in [0.3, 0.4) is 0 Å². The summed E-state index contributed by atoms with van der Waals surface area (Å²) in [6.45, 7) is 3.46. The van der Waals surface area contributed by atoms with Crippen molar-refractivity contribution in [3.63, 3.8) is 0 Å². The quantitative estimate of drug-likeness (QED) is 0.796. The molecule has 100 valence electrons. The topological polar surface area (TPSA) is 84.7 Å². The third kappa shape index (κ3) is 2.00. The second-order valence-corrected chi connectivity index (χ2v) is 6.29. The molecular weight excluding hydrogens is 315 g/mol. The molecule has 7 heteroatoms. The molecule has 0 fully saturated rings. The Morgan fingerprint density at radius 3 is 2.84 bits per heavy atom. The van der Waals surface area contributed by atoms with Crippen LogP contribution in [0.4, 0.5) is 0 Å². The maximum absolute atomic E-state index is 10.2. The number of nitrogens with zero attached hydrogens (tertiary/aromatic N) is 2. The second-order valence-electron chi connectivity index (χ2n) is 4.71. The molecule has 0 bridgehead atoms. The minimum absolute atomic E-state index is 0.0246. The zero-order chi connectivity index (χ0) is 13.6. The molecular formula is C12H12N2O4Se. The summed E-state index contributed by atoms with van der Waals surface area (Å²) in [6.07, 6.45) is 0. The van der Waals surface area contributed by atoms with E-state index in [2.05, 4.69) is 9.19 Å². The predicted molar refractivity (Wildman–Crippen MR) is 67.4 cm³/mol. The van der Waals surface area contributed by atoms with Gasteiger partial charge < -0.3 is 0 Å². The number of ether oxygens (including phenoxy) is 2. The van der Waals surface area contributed by atoms with Crippen molar-refractivity contribution in [3.05, 3.63) is 16.6 Å². The third-order valence-electron chi connectivity index (χ3n) is 2.81. The molecule has 1 aromatic heterocycles. The van der Waals surface area contributed by atoms with Crippen molar-refractivity contribution in [2.75, 3.05) is 6.79 Å². The Bertz CT molecular complexity index is 633. The molecule has 0 saturated carbocycles. The van der Waals surface area contributed by atoms with Gasteiger partial charge in [0.1, 0.15) is 0 Å². The molecule has 6 nitrogen and oxygen atoms in total. The molecule has 0 spiro atoms. The fourth-order valence-corrected chi connectivity index (χ4v) is 3.31. The van der Waals surface area contributed by atoms with Gasteiger partial charge in [-0.25, -0.2) is 0 Å². The third-order valence-corrected chi connectivity index (χ3v) is 4.99. The zero-order valence-electron chi connectivity index (χ0n) is 10.4. The van der Waals surface area contributed by atoms with Crippen LogP contribution < -0.4 is 9.47 Å². The van der Waals surface area contributed by atoms with E-state index < -0.39 is 5.60 Å². The first kappa shape index (κ1) is 12.5. The van der Waals surface area contributed by atoms with Crippen LogP contribution >= 0.6 is 0 Å². The van der Waals surface area contributed by atoms with Gasteiger partial charge in [-0.1, -0.05) is 0 Å². The van der Waals surface area contributed by atoms with Gasteiger partial charge in [0.2, 0.25) is 0 Å². The molecule has 0 unspecified atom stereocenters. The van der Waals surface area contributed by atoms with Crippen molar-refractivity contribution < 1.29 is 19.7 Å². The van der Waals surface area contributed by atoms with E-state index in [0.717, 1.165) is 4.44 Å². The van der Waals surface area contributed by atoms with Crippen LogP contribution in [0.25, 0.3) is 11.3 Å². The summed E-state index contributed by atoms with van der Waals surface area (Å²) in [6, 6.07) is 3.41. The molecule has 0 amide bonds. The van der Waals surface area contributed by atoms with Gasteiger partial charge in [-0.2, -0.15) is 0 Å². The van der Waals surface area contributed by atoms with Crippen LogP contribution in [0.1, 0.15) is 18.3 Å². The van der Waals surface area contributed by atoms with Crippen LogP contribution in [-0.4, -0.2) is 40.9 Å². The molecule has 0 radical (unpaired) electrons. The molecule has 0 aliphatic carbocycles. The Balaban J connectivity index is 2.16. The van der Waals surface area contributed by atoms with Crippen molar-refractivity contribution in [2.45, 2.75) is 19.4 Å². The molecule has 2 N–H and O–H groups in total. The molecule has 1 aliphatic heterocycles. The Morgan fingerprint density at radius 2 is 2.11 bits per heavy atom. The average molecular weight is 327 g/mol. The van der Waals surface area contributed by atoms with Crippen molar-refractivity contribution in [2.24, 2.45) is 0 Å².